The van der Waals surface area contributed by atoms with E-state index in [4.69, 9.17) is 0 Å². The van der Waals surface area contributed by atoms with Crippen LogP contribution in [0.1, 0.15) is 0 Å². The van der Waals surface area contributed by atoms with E-state index in [9.17, 15) is 0 Å². The maximum atomic E-state index is 4.10. The molecule has 2 heterocycles. The van der Waals surface area contributed by atoms with Crippen LogP contribution in [0.2, 0.25) is 0 Å². The molecule has 74 valence electrons. The Balaban J connectivity index is 2.25. The van der Waals surface area contributed by atoms with Crippen molar-refractivity contribution in [2.24, 2.45) is 0 Å². The first-order valence-electron chi connectivity index (χ1n) is 4.81. The molecule has 3 nitrogen and oxygen atoms in total. The maximum Gasteiger partial charge on any atom is 0.0511 e. The van der Waals surface area contributed by atoms with Crippen molar-refractivity contribution < 1.29 is 0 Å². The fourth-order valence-corrected chi connectivity index (χ4v) is 1.54. The van der Waals surface area contributed by atoms with E-state index in [1.54, 1.807) is 0 Å². The second-order valence-electron chi connectivity index (χ2n) is 3.75. The van der Waals surface area contributed by atoms with Gasteiger partial charge in [-0.1, -0.05) is 0 Å². The molecular weight excluding hydrogens is 174 g/mol. The van der Waals surface area contributed by atoms with Crippen molar-refractivity contribution in [3.05, 3.63) is 30.7 Å². The minimum Gasteiger partial charge on any atom is -0.346 e. The minimum absolute atomic E-state index is 1.03. The van der Waals surface area contributed by atoms with Crippen LogP contribution >= 0.6 is 0 Å². The predicted octanol–water partition coefficient (Wildman–Crippen LogP) is 1.60. The van der Waals surface area contributed by atoms with E-state index in [1.165, 1.54) is 10.9 Å². The Labute approximate surface area is 84.0 Å². The highest BCUT2D eigenvalue weighted by atomic mass is 15.1. The van der Waals surface area contributed by atoms with Gasteiger partial charge in [0.1, 0.15) is 0 Å². The third-order valence-electron chi connectivity index (χ3n) is 2.36. The summed E-state index contributed by atoms with van der Waals surface area (Å²) in [7, 11) is 4.18. The summed E-state index contributed by atoms with van der Waals surface area (Å²) in [6.07, 6.45) is 5.87. The zero-order valence-corrected chi connectivity index (χ0v) is 8.64. The molecular formula is C11H15N3. The largest absolute Gasteiger partial charge is 0.346 e. The molecule has 0 atom stereocenters. The standard InChI is InChI=1S/C11H15N3/c1-13(2)7-8-14-6-4-10-9-12-5-3-11(10)14/h3-6,9H,7-8H2,1-2H3. The molecule has 0 fully saturated rings. The summed E-state index contributed by atoms with van der Waals surface area (Å²) in [6.45, 7) is 2.09. The highest BCUT2D eigenvalue weighted by Crippen LogP contribution is 2.13. The van der Waals surface area contributed by atoms with Crippen LogP contribution in [0.5, 0.6) is 0 Å². The van der Waals surface area contributed by atoms with Gasteiger partial charge in [-0.25, -0.2) is 0 Å². The SMILES string of the molecule is CN(C)CCn1ccc2cnccc21. The van der Waals surface area contributed by atoms with Crippen LogP contribution in [-0.2, 0) is 6.54 Å². The monoisotopic (exact) mass is 189 g/mol. The van der Waals surface area contributed by atoms with Crippen molar-refractivity contribution in [3.63, 3.8) is 0 Å². The minimum atomic E-state index is 1.03. The Morgan fingerprint density at radius 1 is 1.36 bits per heavy atom. The molecule has 0 aromatic carbocycles. The van der Waals surface area contributed by atoms with E-state index in [2.05, 4.69) is 46.9 Å². The highest BCUT2D eigenvalue weighted by molar-refractivity contribution is 5.78. The molecule has 0 saturated heterocycles. The maximum absolute atomic E-state index is 4.10. The Morgan fingerprint density at radius 3 is 3.00 bits per heavy atom. The van der Waals surface area contributed by atoms with E-state index in [1.807, 2.05) is 12.4 Å². The lowest BCUT2D eigenvalue weighted by Crippen LogP contribution is -2.17. The third kappa shape index (κ3) is 1.77. The van der Waals surface area contributed by atoms with Crippen molar-refractivity contribution in [2.45, 2.75) is 6.54 Å². The van der Waals surface area contributed by atoms with E-state index in [-0.39, 0.29) is 0 Å². The summed E-state index contributed by atoms with van der Waals surface area (Å²) in [5.74, 6) is 0. The number of rotatable bonds is 3. The smallest absolute Gasteiger partial charge is 0.0511 e. The van der Waals surface area contributed by atoms with Crippen molar-refractivity contribution in [2.75, 3.05) is 20.6 Å². The third-order valence-corrected chi connectivity index (χ3v) is 2.36. The van der Waals surface area contributed by atoms with Crippen molar-refractivity contribution in [1.82, 2.24) is 14.5 Å². The number of likely N-dealkylation sites (N-methyl/N-ethyl adjacent to an activating group) is 1. The highest BCUT2D eigenvalue weighted by Gasteiger charge is 1.99. The molecule has 0 bridgehead atoms. The zero-order chi connectivity index (χ0) is 9.97. The van der Waals surface area contributed by atoms with Gasteiger partial charge in [-0.2, -0.15) is 0 Å². The predicted molar refractivity (Wildman–Crippen MR) is 58.3 cm³/mol. The van der Waals surface area contributed by atoms with Crippen LogP contribution in [0.15, 0.2) is 30.7 Å². The van der Waals surface area contributed by atoms with Gasteiger partial charge in [0.15, 0.2) is 0 Å². The average Bonchev–Trinajstić information content (AvgIpc) is 2.58. The number of hydrogen-bond donors (Lipinski definition) is 0. The first kappa shape index (κ1) is 9.21. The molecule has 0 N–H and O–H groups in total. The van der Waals surface area contributed by atoms with Crippen LogP contribution in [-0.4, -0.2) is 35.1 Å². The van der Waals surface area contributed by atoms with Crippen molar-refractivity contribution >= 4 is 10.9 Å². The van der Waals surface area contributed by atoms with Gasteiger partial charge >= 0.3 is 0 Å². The molecule has 2 aromatic rings. The molecule has 0 aliphatic rings. The number of nitrogens with zero attached hydrogens (tertiary/aromatic N) is 3. The van der Waals surface area contributed by atoms with Gasteiger partial charge < -0.3 is 9.47 Å². The summed E-state index contributed by atoms with van der Waals surface area (Å²) < 4.78 is 2.26. The van der Waals surface area contributed by atoms with Crippen molar-refractivity contribution in [3.8, 4) is 0 Å². The first-order valence-corrected chi connectivity index (χ1v) is 4.81. The van der Waals surface area contributed by atoms with Gasteiger partial charge in [0.25, 0.3) is 0 Å². The lowest BCUT2D eigenvalue weighted by atomic mass is 10.3. The molecule has 2 rings (SSSR count). The van der Waals surface area contributed by atoms with E-state index in [0.717, 1.165) is 13.1 Å². The lowest BCUT2D eigenvalue weighted by molar-refractivity contribution is 0.387. The fraction of sp³-hybridized carbons (Fsp3) is 0.364. The van der Waals surface area contributed by atoms with Gasteiger partial charge in [0.05, 0.1) is 5.52 Å². The molecule has 0 spiro atoms. The second-order valence-corrected chi connectivity index (χ2v) is 3.75. The topological polar surface area (TPSA) is 21.1 Å². The van der Waals surface area contributed by atoms with E-state index >= 15 is 0 Å². The summed E-state index contributed by atoms with van der Waals surface area (Å²) in [6, 6.07) is 4.17. The first-order chi connectivity index (χ1) is 6.77. The van der Waals surface area contributed by atoms with Gasteiger partial charge in [-0.05, 0) is 26.2 Å². The normalized spacial score (nSPS) is 11.4. The van der Waals surface area contributed by atoms with E-state index in [0.29, 0.717) is 0 Å². The van der Waals surface area contributed by atoms with Crippen LogP contribution in [0.3, 0.4) is 0 Å². The quantitative estimate of drug-likeness (QED) is 0.731. The summed E-state index contributed by atoms with van der Waals surface area (Å²) in [5.41, 5.74) is 1.27. The average molecular weight is 189 g/mol. The summed E-state index contributed by atoms with van der Waals surface area (Å²) in [4.78, 5) is 6.29. The van der Waals surface area contributed by atoms with E-state index < -0.39 is 0 Å². The van der Waals surface area contributed by atoms with Crippen LogP contribution in [0.25, 0.3) is 10.9 Å². The number of hydrogen-bond acceptors (Lipinski definition) is 2. The fourth-order valence-electron chi connectivity index (χ4n) is 1.54. The van der Waals surface area contributed by atoms with Crippen LogP contribution in [0, 0.1) is 0 Å². The lowest BCUT2D eigenvalue weighted by Gasteiger charge is -2.10. The van der Waals surface area contributed by atoms with Gasteiger partial charge in [-0.15, -0.1) is 0 Å². The molecule has 0 saturated carbocycles. The van der Waals surface area contributed by atoms with Gasteiger partial charge in [0, 0.05) is 37.1 Å². The molecule has 0 unspecified atom stereocenters. The van der Waals surface area contributed by atoms with Crippen LogP contribution < -0.4 is 0 Å². The molecule has 14 heavy (non-hydrogen) atoms. The van der Waals surface area contributed by atoms with Crippen molar-refractivity contribution in [1.29, 1.82) is 0 Å². The second kappa shape index (κ2) is 3.80. The molecule has 0 radical (unpaired) electrons. The Hall–Kier alpha value is -1.35. The Kier molecular flexibility index (Phi) is 2.50. The molecule has 0 aliphatic heterocycles. The zero-order valence-electron chi connectivity index (χ0n) is 8.64. The van der Waals surface area contributed by atoms with Gasteiger partial charge in [-0.3, -0.25) is 4.98 Å². The molecule has 0 amide bonds. The Bertz CT molecular complexity index is 417. The molecule has 0 aliphatic carbocycles. The summed E-state index contributed by atoms with van der Waals surface area (Å²) in [5, 5.41) is 1.21. The number of aromatic nitrogens is 2. The number of pyridine rings is 1. The number of fused-ring (bicyclic) bond motifs is 1. The Morgan fingerprint density at radius 2 is 2.21 bits per heavy atom. The van der Waals surface area contributed by atoms with Crippen LogP contribution in [0.4, 0.5) is 0 Å². The molecule has 2 aromatic heterocycles. The van der Waals surface area contributed by atoms with Gasteiger partial charge in [0.2, 0.25) is 0 Å². The molecule has 3 heteroatoms. The summed E-state index contributed by atoms with van der Waals surface area (Å²) >= 11 is 0.